The number of hydrogen-bond donors (Lipinski definition) is 9. The molecule has 10 rings (SSSR count). The smallest absolute Gasteiger partial charge is 0.480 e. The fraction of sp³-hybridized carbons (Fsp3) is 0.200. The van der Waals surface area contributed by atoms with E-state index in [-0.39, 0.29) is 116 Å². The molecule has 2 saturated heterocycles. The van der Waals surface area contributed by atoms with Crippen LogP contribution in [-0.2, 0) is 72.5 Å². The lowest BCUT2D eigenvalue weighted by Gasteiger charge is -2.14. The Bertz CT molecular complexity index is 4580. The molecule has 2 atom stereocenters. The molecule has 0 spiro atoms. The number of hydrazine groups is 1. The van der Waals surface area contributed by atoms with Crippen molar-refractivity contribution in [3.63, 3.8) is 0 Å². The lowest BCUT2D eigenvalue weighted by molar-refractivity contribution is -0.139. The van der Waals surface area contributed by atoms with E-state index in [2.05, 4.69) is 29.6 Å². The third-order valence-corrected chi connectivity index (χ3v) is 14.9. The van der Waals surface area contributed by atoms with E-state index in [0.717, 1.165) is 117 Å². The molecule has 0 aromatic heterocycles. The molecule has 44 heteroatoms. The fourth-order valence-electron chi connectivity index (χ4n) is 9.19. The standard InChI is InChI=1S/C19H14F5N3O4.C16H12F5NO.C16H11F5O2.C8H7F2NO2.C7H6BF3O2.C4H5NO4.2H2S/c20-13-6-10(5-9-1-3-11(4-2-9)19(22,23)24)12(7-14(13)21)16(28)26-27-17(29)15-8-31-18(30)25-15;17-13-6-10(12(7-14(13)18)15(23)8-22)5-9-1-3-11(4-2-9)16(19,20)21;1-23-15(22)12-8-14(18)13(17)7-10(12)6-9-2-4-11(5-3-9)16(19,20)21;1-13-8(12)4-2-5(9)6(10)3-7(4)11;9-7(10,11)5-1-3-6(4-2-5)8(12)13;6-3(7)2-1-9-4(8)5-2;;/h1-4,6-7,15H,5,8H2,(H,25,30)(H,26,28)(H,27,29);1-4,6-7H,5,8,22H2;2-5,7-8H,6H2,1H3;2-3H,11H2,1H3;1-4,12-13H;2H,1H2,(H,5,8)(H,6,7);2*1H2/t15-;;;;;2-;;/m0....0../s1. The van der Waals surface area contributed by atoms with Gasteiger partial charge in [-0.25, -0.2) is 59.1 Å². The first-order valence-corrected chi connectivity index (χ1v) is 30.9. The van der Waals surface area contributed by atoms with E-state index in [4.69, 9.17) is 26.6 Å². The summed E-state index contributed by atoms with van der Waals surface area (Å²) < 4.78 is 273. The van der Waals surface area contributed by atoms with Crippen molar-refractivity contribution >= 4 is 93.0 Å². The van der Waals surface area contributed by atoms with Crippen LogP contribution in [0, 0.1) is 46.5 Å². The summed E-state index contributed by atoms with van der Waals surface area (Å²) in [7, 11) is 0.483. The number of carboxylic acid groups (broad SMARTS) is 1. The normalized spacial score (nSPS) is 13.3. The molecule has 8 aromatic carbocycles. The second-order valence-corrected chi connectivity index (χ2v) is 22.7. The van der Waals surface area contributed by atoms with Gasteiger partial charge in [-0.3, -0.25) is 25.2 Å². The highest BCUT2D eigenvalue weighted by molar-refractivity contribution is 7.59. The van der Waals surface area contributed by atoms with Crippen molar-refractivity contribution in [3.05, 3.63) is 270 Å². The molecule has 2 aliphatic rings. The number of esters is 2. The maximum Gasteiger partial charge on any atom is 0.488 e. The number of nitrogen functional groups attached to an aromatic ring is 1. The number of halogens is 20. The largest absolute Gasteiger partial charge is 0.488 e. The number of carbonyl (C=O) groups excluding carboxylic acids is 7. The number of carbonyl (C=O) groups is 8. The molecule has 614 valence electrons. The summed E-state index contributed by atoms with van der Waals surface area (Å²) in [4.78, 5) is 89.7. The fourth-order valence-corrected chi connectivity index (χ4v) is 9.19. The Kier molecular flexibility index (Phi) is 35.8. The number of carboxylic acids is 1. The van der Waals surface area contributed by atoms with Crippen molar-refractivity contribution in [1.29, 1.82) is 0 Å². The first-order chi connectivity index (χ1) is 52.1. The summed E-state index contributed by atoms with van der Waals surface area (Å²) in [5.74, 6) is -14.6. The van der Waals surface area contributed by atoms with E-state index < -0.39 is 160 Å². The van der Waals surface area contributed by atoms with Crippen molar-refractivity contribution in [3.8, 4) is 0 Å². The summed E-state index contributed by atoms with van der Waals surface area (Å²) >= 11 is 0. The van der Waals surface area contributed by atoms with Gasteiger partial charge in [0.1, 0.15) is 19.3 Å². The first-order valence-electron chi connectivity index (χ1n) is 30.9. The zero-order valence-electron chi connectivity index (χ0n) is 57.8. The Morgan fingerprint density at radius 1 is 0.456 bits per heavy atom. The summed E-state index contributed by atoms with van der Waals surface area (Å²) in [5, 5.41) is 29.7. The Labute approximate surface area is 643 Å². The van der Waals surface area contributed by atoms with Crippen molar-refractivity contribution in [2.24, 2.45) is 5.73 Å². The molecule has 0 aliphatic carbocycles. The van der Waals surface area contributed by atoms with Crippen molar-refractivity contribution in [1.82, 2.24) is 21.5 Å². The van der Waals surface area contributed by atoms with Gasteiger partial charge in [0.25, 0.3) is 11.8 Å². The number of aliphatic carboxylic acids is 1. The predicted octanol–water partition coefficient (Wildman–Crippen LogP) is 11.6. The van der Waals surface area contributed by atoms with Crippen LogP contribution in [-0.4, -0.2) is 116 Å². The minimum Gasteiger partial charge on any atom is -0.480 e. The second kappa shape index (κ2) is 42.3. The van der Waals surface area contributed by atoms with Gasteiger partial charge < -0.3 is 56.2 Å². The molecule has 21 nitrogen and oxygen atoms in total. The highest BCUT2D eigenvalue weighted by Crippen LogP contribution is 2.34. The molecule has 2 aliphatic heterocycles. The molecular weight excluding hydrogens is 1620 g/mol. The van der Waals surface area contributed by atoms with Crippen LogP contribution in [0.15, 0.2) is 146 Å². The van der Waals surface area contributed by atoms with Gasteiger partial charge in [-0.05, 0) is 137 Å². The summed E-state index contributed by atoms with van der Waals surface area (Å²) in [6.45, 7) is -0.718. The number of amides is 4. The molecular formula is C70H59BF20N6O15S2. The van der Waals surface area contributed by atoms with Crippen molar-refractivity contribution < 1.29 is 160 Å². The van der Waals surface area contributed by atoms with E-state index >= 15 is 0 Å². The molecule has 0 radical (unpaired) electrons. The summed E-state index contributed by atoms with van der Waals surface area (Å²) in [5.41, 5.74) is 11.7. The third-order valence-electron chi connectivity index (χ3n) is 14.9. The number of alkyl carbamates (subject to hydrolysis) is 2. The number of Topliss-reactive ketones (excluding diaryl/α,β-unsaturated/α-hetero) is 1. The van der Waals surface area contributed by atoms with E-state index in [1.807, 2.05) is 10.9 Å². The zero-order chi connectivity index (χ0) is 84.1. The Hall–Kier alpha value is -11.6. The molecule has 0 unspecified atom stereocenters. The molecule has 4 amide bonds. The maximum absolute atomic E-state index is 13.7. The summed E-state index contributed by atoms with van der Waals surface area (Å²) in [6.07, 6.45) is -19.6. The highest BCUT2D eigenvalue weighted by Gasteiger charge is 2.35. The molecule has 8 aromatic rings. The number of cyclic esters (lactones) is 2. The Balaban J connectivity index is 0.000000368. The van der Waals surface area contributed by atoms with Crippen molar-refractivity contribution in [2.75, 3.05) is 39.7 Å². The van der Waals surface area contributed by atoms with Crippen LogP contribution in [0.2, 0.25) is 0 Å². The van der Waals surface area contributed by atoms with E-state index in [9.17, 15) is 126 Å². The average molecular weight is 1680 g/mol. The third kappa shape index (κ3) is 28.8. The minimum absolute atomic E-state index is 0. The quantitative estimate of drug-likeness (QED) is 0.00929. The van der Waals surface area contributed by atoms with Gasteiger partial charge in [-0.15, -0.1) is 0 Å². The van der Waals surface area contributed by atoms with E-state index in [1.54, 1.807) is 0 Å². The number of anilines is 1. The molecule has 2 heterocycles. The lowest BCUT2D eigenvalue weighted by atomic mass is 9.80. The number of hydrogen-bond acceptors (Lipinski definition) is 16. The van der Waals surface area contributed by atoms with E-state index in [1.165, 1.54) is 24.3 Å². The number of methoxy groups -OCH3 is 2. The number of nitrogens with two attached hydrogens (primary N) is 2. The molecule has 0 saturated carbocycles. The number of ether oxygens (including phenoxy) is 4. The van der Waals surface area contributed by atoms with Gasteiger partial charge in [0.05, 0.1) is 54.1 Å². The van der Waals surface area contributed by atoms with Gasteiger partial charge >= 0.3 is 61.9 Å². The highest BCUT2D eigenvalue weighted by atomic mass is 32.1. The minimum atomic E-state index is -4.53. The van der Waals surface area contributed by atoms with E-state index in [0.29, 0.717) is 34.9 Å². The van der Waals surface area contributed by atoms with Gasteiger partial charge in [0.15, 0.2) is 58.4 Å². The van der Waals surface area contributed by atoms with Gasteiger partial charge in [-0.2, -0.15) is 79.7 Å². The molecule has 11 N–H and O–H groups in total. The topological polar surface area (TPSA) is 334 Å². The van der Waals surface area contributed by atoms with Gasteiger partial charge in [0, 0.05) is 22.9 Å². The van der Waals surface area contributed by atoms with Crippen LogP contribution < -0.4 is 38.4 Å². The number of nitrogens with one attached hydrogen (secondary N) is 4. The Morgan fingerprint density at radius 3 is 1.07 bits per heavy atom. The van der Waals surface area contributed by atoms with Crippen molar-refractivity contribution in [2.45, 2.75) is 56.1 Å². The predicted molar refractivity (Wildman–Crippen MR) is 370 cm³/mol. The van der Waals surface area contributed by atoms with Crippen LogP contribution in [0.25, 0.3) is 0 Å². The zero-order valence-corrected chi connectivity index (χ0v) is 59.8. The monoisotopic (exact) mass is 1680 g/mol. The Morgan fingerprint density at radius 2 is 0.754 bits per heavy atom. The lowest BCUT2D eigenvalue weighted by Crippen LogP contribution is -2.50. The number of alkyl halides is 12. The molecule has 2 fully saturated rings. The molecule has 114 heavy (non-hydrogen) atoms. The maximum atomic E-state index is 13.7. The van der Waals surface area contributed by atoms with Crippen LogP contribution in [0.1, 0.15) is 97.1 Å². The van der Waals surface area contributed by atoms with Gasteiger partial charge in [-0.1, -0.05) is 60.7 Å². The number of benzene rings is 8. The average Bonchev–Trinajstić information content (AvgIpc) is 1.06. The van der Waals surface area contributed by atoms with Crippen LogP contribution in [0.4, 0.5) is 103 Å². The van der Waals surface area contributed by atoms with Gasteiger partial charge in [0.2, 0.25) is 0 Å². The molecule has 0 bridgehead atoms. The van der Waals surface area contributed by atoms with Crippen LogP contribution in [0.5, 0.6) is 0 Å². The van der Waals surface area contributed by atoms with Crippen LogP contribution >= 0.6 is 27.0 Å². The number of ketones is 1. The SMILES string of the molecule is COC(=O)c1cc(F)c(F)cc1Cc1ccc(C(F)(F)F)cc1.COC(=O)c1cc(F)c(F)cc1N.NCC(=O)c1cc(F)c(F)cc1Cc1ccc(C(F)(F)F)cc1.O=C1N[C@H](C(=O)NNC(=O)c2cc(F)c(F)cc2Cc2ccc(C(F)(F)F)cc2)CO1.O=C1N[C@H](C(=O)O)CO1.OB(O)c1ccc(C(F)(F)F)cc1.S.S. The number of rotatable bonds is 14. The second-order valence-electron chi connectivity index (χ2n) is 22.7. The summed E-state index contributed by atoms with van der Waals surface area (Å²) in [6, 6.07) is 20.0. The first kappa shape index (κ1) is 96.6. The van der Waals surface area contributed by atoms with Crippen LogP contribution in [0.3, 0.4) is 0 Å².